The van der Waals surface area contributed by atoms with Gasteiger partial charge in [0, 0.05) is 11.6 Å². The third kappa shape index (κ3) is 1.55. The SMILES string of the molecule is Cc1cc(N)n(C(=O)c2ccc3nc[nH]c3c2)n1. The number of rotatable bonds is 1. The molecule has 0 fully saturated rings. The van der Waals surface area contributed by atoms with Gasteiger partial charge in [0.15, 0.2) is 0 Å². The summed E-state index contributed by atoms with van der Waals surface area (Å²) in [6.45, 7) is 1.79. The van der Waals surface area contributed by atoms with E-state index in [-0.39, 0.29) is 5.91 Å². The molecule has 6 heteroatoms. The van der Waals surface area contributed by atoms with E-state index < -0.39 is 0 Å². The molecule has 3 N–H and O–H groups in total. The minimum Gasteiger partial charge on any atom is -0.383 e. The Balaban J connectivity index is 2.08. The molecule has 0 saturated heterocycles. The zero-order valence-electron chi connectivity index (χ0n) is 9.71. The standard InChI is InChI=1S/C12H11N5O/c1-7-4-11(13)17(16-7)12(18)8-2-3-9-10(5-8)15-6-14-9/h2-6H,13H2,1H3,(H,14,15). The first-order chi connectivity index (χ1) is 8.65. The summed E-state index contributed by atoms with van der Waals surface area (Å²) >= 11 is 0. The number of H-pyrrole nitrogens is 1. The van der Waals surface area contributed by atoms with Crippen LogP contribution in [0.3, 0.4) is 0 Å². The number of aromatic nitrogens is 4. The van der Waals surface area contributed by atoms with Crippen LogP contribution in [0.25, 0.3) is 11.0 Å². The highest BCUT2D eigenvalue weighted by Gasteiger charge is 2.13. The van der Waals surface area contributed by atoms with Crippen molar-refractivity contribution in [1.29, 1.82) is 0 Å². The molecule has 18 heavy (non-hydrogen) atoms. The van der Waals surface area contributed by atoms with Gasteiger partial charge in [-0.2, -0.15) is 9.78 Å². The van der Waals surface area contributed by atoms with Crippen LogP contribution in [0.5, 0.6) is 0 Å². The molecule has 3 rings (SSSR count). The number of aromatic amines is 1. The van der Waals surface area contributed by atoms with Gasteiger partial charge in [0.05, 0.1) is 23.1 Å². The minimum atomic E-state index is -0.253. The van der Waals surface area contributed by atoms with Crippen LogP contribution in [0.2, 0.25) is 0 Å². The first kappa shape index (κ1) is 10.5. The number of nitrogens with two attached hydrogens (primary N) is 1. The third-order valence-electron chi connectivity index (χ3n) is 2.72. The first-order valence-electron chi connectivity index (χ1n) is 5.45. The zero-order chi connectivity index (χ0) is 12.7. The highest BCUT2D eigenvalue weighted by molar-refractivity contribution is 5.99. The average Bonchev–Trinajstić information content (AvgIpc) is 2.93. The Hall–Kier alpha value is -2.63. The Labute approximate surface area is 102 Å². The summed E-state index contributed by atoms with van der Waals surface area (Å²) in [6, 6.07) is 6.89. The van der Waals surface area contributed by atoms with Crippen molar-refractivity contribution in [3.8, 4) is 0 Å². The normalized spacial score (nSPS) is 10.9. The Morgan fingerprint density at radius 3 is 2.94 bits per heavy atom. The summed E-state index contributed by atoms with van der Waals surface area (Å²) in [5.74, 6) is 0.0827. The van der Waals surface area contributed by atoms with Crippen LogP contribution < -0.4 is 5.73 Å². The molecule has 0 aliphatic rings. The molecule has 1 aromatic carbocycles. The molecule has 2 aromatic heterocycles. The summed E-state index contributed by atoms with van der Waals surface area (Å²) < 4.78 is 1.20. The van der Waals surface area contributed by atoms with E-state index in [1.165, 1.54) is 4.68 Å². The van der Waals surface area contributed by atoms with Crippen molar-refractivity contribution in [3.63, 3.8) is 0 Å². The molecule has 0 amide bonds. The Kier molecular flexibility index (Phi) is 2.16. The van der Waals surface area contributed by atoms with Crippen LogP contribution in [0.15, 0.2) is 30.6 Å². The quantitative estimate of drug-likeness (QED) is 0.672. The monoisotopic (exact) mass is 241 g/mol. The topological polar surface area (TPSA) is 89.6 Å². The van der Waals surface area contributed by atoms with Crippen LogP contribution in [0.4, 0.5) is 5.82 Å². The van der Waals surface area contributed by atoms with Crippen LogP contribution in [-0.2, 0) is 0 Å². The Morgan fingerprint density at radius 1 is 1.39 bits per heavy atom. The molecule has 90 valence electrons. The van der Waals surface area contributed by atoms with Gasteiger partial charge in [-0.1, -0.05) is 0 Å². The van der Waals surface area contributed by atoms with Crippen LogP contribution in [0.1, 0.15) is 16.1 Å². The number of nitrogen functional groups attached to an aromatic ring is 1. The van der Waals surface area contributed by atoms with Crippen molar-refractivity contribution in [2.24, 2.45) is 0 Å². The van der Waals surface area contributed by atoms with Crippen molar-refractivity contribution in [3.05, 3.63) is 41.9 Å². The Bertz CT molecular complexity index is 740. The number of hydrogen-bond donors (Lipinski definition) is 2. The maximum absolute atomic E-state index is 12.2. The van der Waals surface area contributed by atoms with E-state index in [1.807, 2.05) is 0 Å². The third-order valence-corrected chi connectivity index (χ3v) is 2.72. The fourth-order valence-electron chi connectivity index (χ4n) is 1.87. The molecule has 0 spiro atoms. The van der Waals surface area contributed by atoms with Gasteiger partial charge in [0.2, 0.25) is 0 Å². The predicted octanol–water partition coefficient (Wildman–Crippen LogP) is 1.34. The number of anilines is 1. The summed E-state index contributed by atoms with van der Waals surface area (Å²) in [7, 11) is 0. The molecule has 0 atom stereocenters. The summed E-state index contributed by atoms with van der Waals surface area (Å²) in [5, 5.41) is 4.07. The van der Waals surface area contributed by atoms with Crippen LogP contribution in [-0.4, -0.2) is 25.7 Å². The smallest absolute Gasteiger partial charge is 0.280 e. The lowest BCUT2D eigenvalue weighted by Crippen LogP contribution is -2.16. The summed E-state index contributed by atoms with van der Waals surface area (Å²) in [6.07, 6.45) is 1.59. The van der Waals surface area contributed by atoms with E-state index in [0.717, 1.165) is 11.0 Å². The van der Waals surface area contributed by atoms with Gasteiger partial charge in [-0.3, -0.25) is 4.79 Å². The molecule has 0 unspecified atom stereocenters. The van der Waals surface area contributed by atoms with Gasteiger partial charge in [-0.05, 0) is 25.1 Å². The number of hydrogen-bond acceptors (Lipinski definition) is 4. The molecule has 2 heterocycles. The fourth-order valence-corrected chi connectivity index (χ4v) is 1.87. The van der Waals surface area contributed by atoms with Crippen molar-refractivity contribution in [2.75, 3.05) is 5.73 Å². The van der Waals surface area contributed by atoms with E-state index in [0.29, 0.717) is 17.1 Å². The van der Waals surface area contributed by atoms with E-state index in [2.05, 4.69) is 15.1 Å². The predicted molar refractivity (Wildman–Crippen MR) is 67.2 cm³/mol. The molecule has 0 bridgehead atoms. The maximum Gasteiger partial charge on any atom is 0.280 e. The van der Waals surface area contributed by atoms with Gasteiger partial charge < -0.3 is 10.7 Å². The summed E-state index contributed by atoms with van der Waals surface area (Å²) in [5.41, 5.74) is 8.58. The largest absolute Gasteiger partial charge is 0.383 e. The molecular formula is C12H11N5O. The van der Waals surface area contributed by atoms with Crippen LogP contribution >= 0.6 is 0 Å². The minimum absolute atomic E-state index is 0.253. The number of nitrogens with zero attached hydrogens (tertiary/aromatic N) is 3. The lowest BCUT2D eigenvalue weighted by molar-refractivity contribution is 0.0947. The van der Waals surface area contributed by atoms with E-state index in [1.54, 1.807) is 37.5 Å². The number of aryl methyl sites for hydroxylation is 1. The van der Waals surface area contributed by atoms with Gasteiger partial charge in [0.25, 0.3) is 5.91 Å². The molecule has 0 aliphatic carbocycles. The van der Waals surface area contributed by atoms with E-state index >= 15 is 0 Å². The highest BCUT2D eigenvalue weighted by atomic mass is 16.2. The molecular weight excluding hydrogens is 230 g/mol. The first-order valence-corrected chi connectivity index (χ1v) is 5.45. The fraction of sp³-hybridized carbons (Fsp3) is 0.0833. The van der Waals surface area contributed by atoms with Crippen molar-refractivity contribution >= 4 is 22.8 Å². The maximum atomic E-state index is 12.2. The van der Waals surface area contributed by atoms with Crippen molar-refractivity contribution in [1.82, 2.24) is 19.7 Å². The molecule has 3 aromatic rings. The highest BCUT2D eigenvalue weighted by Crippen LogP contribution is 2.14. The van der Waals surface area contributed by atoms with Gasteiger partial charge in [-0.15, -0.1) is 0 Å². The number of imidazole rings is 1. The second-order valence-corrected chi connectivity index (χ2v) is 4.06. The van der Waals surface area contributed by atoms with E-state index in [4.69, 9.17) is 5.73 Å². The van der Waals surface area contributed by atoms with Gasteiger partial charge in [-0.25, -0.2) is 4.98 Å². The van der Waals surface area contributed by atoms with Gasteiger partial charge in [0.1, 0.15) is 5.82 Å². The number of benzene rings is 1. The number of nitrogens with one attached hydrogen (secondary N) is 1. The Morgan fingerprint density at radius 2 is 2.22 bits per heavy atom. The lowest BCUT2D eigenvalue weighted by atomic mass is 10.2. The molecule has 6 nitrogen and oxygen atoms in total. The average molecular weight is 241 g/mol. The van der Waals surface area contributed by atoms with Crippen LogP contribution in [0, 0.1) is 6.92 Å². The molecule has 0 radical (unpaired) electrons. The second-order valence-electron chi connectivity index (χ2n) is 4.06. The zero-order valence-corrected chi connectivity index (χ0v) is 9.71. The molecule has 0 aliphatic heterocycles. The van der Waals surface area contributed by atoms with Gasteiger partial charge >= 0.3 is 0 Å². The second kappa shape index (κ2) is 3.69. The number of carbonyl (C=O) groups excluding carboxylic acids is 1. The van der Waals surface area contributed by atoms with E-state index in [9.17, 15) is 4.79 Å². The molecule has 0 saturated carbocycles. The number of carbonyl (C=O) groups is 1. The lowest BCUT2D eigenvalue weighted by Gasteiger charge is -2.02. The summed E-state index contributed by atoms with van der Waals surface area (Å²) in [4.78, 5) is 19.3. The number of fused-ring (bicyclic) bond motifs is 1. The van der Waals surface area contributed by atoms with Crippen molar-refractivity contribution < 1.29 is 4.79 Å². The van der Waals surface area contributed by atoms with Crippen molar-refractivity contribution in [2.45, 2.75) is 6.92 Å².